The van der Waals surface area contributed by atoms with Gasteiger partial charge in [0.05, 0.1) is 5.71 Å². The second-order valence-corrected chi connectivity index (χ2v) is 3.73. The Kier molecular flexibility index (Phi) is 36.6. The van der Waals surface area contributed by atoms with Crippen molar-refractivity contribution in [3.05, 3.63) is 24.9 Å². The SMILES string of the molecule is C1CCCC1.CC(C)=C/C(C)=N\O.[C-]#[O+].[C-]#[O+].[W+2]. The van der Waals surface area contributed by atoms with E-state index < -0.39 is 0 Å². The van der Waals surface area contributed by atoms with Gasteiger partial charge in [0.25, 0.3) is 0 Å². The largest absolute Gasteiger partial charge is 2.00 e. The summed E-state index contributed by atoms with van der Waals surface area (Å²) >= 11 is 0. The molecule has 0 atom stereocenters. The van der Waals surface area contributed by atoms with Crippen LogP contribution < -0.4 is 0 Å². The van der Waals surface area contributed by atoms with Crippen molar-refractivity contribution >= 4 is 5.71 Å². The standard InChI is InChI=1S/C6H11NO.C5H10.2CO.W/c1-5(2)4-6(3)7-8;1-2-4-5-3-1;2*1-2;/h4,8H,1-3H3;1-5H2;;;/q;;;;+2/b7-6-;;;;. The first-order chi connectivity index (χ1) is 8.16. The number of hydrogen-bond acceptors (Lipinski definition) is 2. The van der Waals surface area contributed by atoms with Gasteiger partial charge in [0.15, 0.2) is 0 Å². The summed E-state index contributed by atoms with van der Waals surface area (Å²) in [5.41, 5.74) is 1.78. The van der Waals surface area contributed by atoms with Crippen LogP contribution >= 0.6 is 0 Å². The zero-order valence-electron chi connectivity index (χ0n) is 11.2. The number of allylic oxidation sites excluding steroid dienone is 2. The van der Waals surface area contributed by atoms with Crippen LogP contribution in [0.1, 0.15) is 52.9 Å². The molecule has 0 unspecified atom stereocenters. The second-order valence-electron chi connectivity index (χ2n) is 3.73. The van der Waals surface area contributed by atoms with Gasteiger partial charge in [-0.15, -0.1) is 0 Å². The third-order valence-corrected chi connectivity index (χ3v) is 1.91. The summed E-state index contributed by atoms with van der Waals surface area (Å²) in [7, 11) is 0. The minimum Gasteiger partial charge on any atom is 2.00 e. The molecule has 1 rings (SSSR count). The smallest absolute Gasteiger partial charge is 2.00 e. The van der Waals surface area contributed by atoms with Gasteiger partial charge >= 0.3 is 43.7 Å². The molecule has 1 fully saturated rings. The third-order valence-electron chi connectivity index (χ3n) is 1.91. The van der Waals surface area contributed by atoms with E-state index in [4.69, 9.17) is 14.5 Å². The molecule has 0 amide bonds. The van der Waals surface area contributed by atoms with Crippen molar-refractivity contribution in [2.45, 2.75) is 52.9 Å². The molecule has 0 radical (unpaired) electrons. The fourth-order valence-electron chi connectivity index (χ4n) is 1.33. The number of oxime groups is 1. The molecule has 1 saturated carbocycles. The molecule has 0 saturated heterocycles. The van der Waals surface area contributed by atoms with E-state index in [9.17, 15) is 0 Å². The molecule has 0 aromatic heterocycles. The quantitative estimate of drug-likeness (QED) is 0.226. The van der Waals surface area contributed by atoms with E-state index in [1.807, 2.05) is 13.8 Å². The molecule has 18 heavy (non-hydrogen) atoms. The fourth-order valence-corrected chi connectivity index (χ4v) is 1.33. The maximum absolute atomic E-state index is 8.13. The maximum atomic E-state index is 8.13. The zero-order valence-corrected chi connectivity index (χ0v) is 14.2. The second kappa shape index (κ2) is 25.3. The first kappa shape index (κ1) is 26.0. The van der Waals surface area contributed by atoms with Crippen molar-refractivity contribution in [2.75, 3.05) is 0 Å². The number of hydrogen-bond donors (Lipinski definition) is 1. The van der Waals surface area contributed by atoms with Crippen LogP contribution in [-0.4, -0.2) is 10.9 Å². The normalized spacial score (nSPS) is 11.8. The van der Waals surface area contributed by atoms with E-state index in [0.717, 1.165) is 5.57 Å². The van der Waals surface area contributed by atoms with Gasteiger partial charge in [-0.1, -0.05) is 42.8 Å². The molecule has 0 aliphatic heterocycles. The molecule has 1 aliphatic carbocycles. The predicted octanol–water partition coefficient (Wildman–Crippen LogP) is 3.68. The molecule has 0 aromatic carbocycles. The summed E-state index contributed by atoms with van der Waals surface area (Å²) in [5.74, 6) is 0. The van der Waals surface area contributed by atoms with E-state index >= 15 is 0 Å². The van der Waals surface area contributed by atoms with Crippen LogP contribution in [0, 0.1) is 13.3 Å². The van der Waals surface area contributed by atoms with E-state index in [2.05, 4.69) is 18.5 Å². The van der Waals surface area contributed by atoms with Crippen LogP contribution in [-0.2, 0) is 30.4 Å². The summed E-state index contributed by atoms with van der Waals surface area (Å²) < 4.78 is 15.0. The van der Waals surface area contributed by atoms with Gasteiger partial charge in [-0.2, -0.15) is 0 Å². The van der Waals surface area contributed by atoms with Crippen LogP contribution in [0.5, 0.6) is 0 Å². The van der Waals surface area contributed by atoms with Crippen molar-refractivity contribution in [3.63, 3.8) is 0 Å². The Morgan fingerprint density at radius 1 is 0.944 bits per heavy atom. The number of rotatable bonds is 1. The average molecular weight is 423 g/mol. The molecule has 4 nitrogen and oxygen atoms in total. The van der Waals surface area contributed by atoms with Gasteiger partial charge < -0.3 is 5.21 Å². The van der Waals surface area contributed by atoms with Gasteiger partial charge in [0.1, 0.15) is 0 Å². The van der Waals surface area contributed by atoms with Crippen molar-refractivity contribution in [3.8, 4) is 0 Å². The molecule has 100 valence electrons. The molecular formula is C13H21NO3W+2. The van der Waals surface area contributed by atoms with E-state index in [1.165, 1.54) is 32.1 Å². The van der Waals surface area contributed by atoms with E-state index in [0.29, 0.717) is 5.71 Å². The van der Waals surface area contributed by atoms with Crippen molar-refractivity contribution in [1.82, 2.24) is 0 Å². The van der Waals surface area contributed by atoms with Crippen LogP contribution in [0.4, 0.5) is 0 Å². The summed E-state index contributed by atoms with van der Waals surface area (Å²) in [6.07, 6.45) is 9.31. The van der Waals surface area contributed by atoms with Crippen molar-refractivity contribution < 1.29 is 35.6 Å². The predicted molar refractivity (Wildman–Crippen MR) is 65.3 cm³/mol. The number of nitrogens with zero attached hydrogens (tertiary/aromatic N) is 1. The molecule has 0 aromatic rings. The summed E-state index contributed by atoms with van der Waals surface area (Å²) in [5, 5.41) is 11.1. The Morgan fingerprint density at radius 3 is 1.33 bits per heavy atom. The zero-order chi connectivity index (χ0) is 14.1. The molecule has 5 heteroatoms. The first-order valence-electron chi connectivity index (χ1n) is 5.41. The average Bonchev–Trinajstić information content (AvgIpc) is 2.92. The fraction of sp³-hybridized carbons (Fsp3) is 0.615. The minimum absolute atomic E-state index is 0. The summed E-state index contributed by atoms with van der Waals surface area (Å²) in [6.45, 7) is 14.6. The minimum atomic E-state index is 0. The molecule has 1 N–H and O–H groups in total. The Balaban J connectivity index is -0.0000000847. The Hall–Kier alpha value is -0.622. The van der Waals surface area contributed by atoms with Crippen LogP contribution in [0.15, 0.2) is 16.8 Å². The Bertz CT molecular complexity index is 236. The molecule has 1 aliphatic rings. The van der Waals surface area contributed by atoms with Crippen LogP contribution in [0.25, 0.3) is 0 Å². The molecular weight excluding hydrogens is 402 g/mol. The summed E-state index contributed by atoms with van der Waals surface area (Å²) in [4.78, 5) is 0. The van der Waals surface area contributed by atoms with Crippen molar-refractivity contribution in [1.29, 1.82) is 0 Å². The van der Waals surface area contributed by atoms with Gasteiger partial charge in [-0.3, -0.25) is 0 Å². The molecule has 0 bridgehead atoms. The monoisotopic (exact) mass is 423 g/mol. The van der Waals surface area contributed by atoms with Crippen LogP contribution in [0.2, 0.25) is 0 Å². The van der Waals surface area contributed by atoms with Crippen molar-refractivity contribution in [2.24, 2.45) is 5.16 Å². The van der Waals surface area contributed by atoms with Gasteiger partial charge in [0, 0.05) is 0 Å². The van der Waals surface area contributed by atoms with E-state index in [1.54, 1.807) is 13.0 Å². The maximum Gasteiger partial charge on any atom is 2.00 e. The molecule has 0 heterocycles. The van der Waals surface area contributed by atoms with Gasteiger partial charge in [-0.25, -0.2) is 0 Å². The van der Waals surface area contributed by atoms with Gasteiger partial charge in [-0.05, 0) is 26.8 Å². The van der Waals surface area contributed by atoms with Gasteiger partial charge in [0.2, 0.25) is 0 Å². The third kappa shape index (κ3) is 29.5. The van der Waals surface area contributed by atoms with E-state index in [-0.39, 0.29) is 21.1 Å². The topological polar surface area (TPSA) is 72.4 Å². The van der Waals surface area contributed by atoms with Crippen LogP contribution in [0.3, 0.4) is 0 Å². The molecule has 0 spiro atoms. The Morgan fingerprint density at radius 2 is 1.22 bits per heavy atom. The Labute approximate surface area is 124 Å². The summed E-state index contributed by atoms with van der Waals surface area (Å²) in [6, 6.07) is 0. The first-order valence-corrected chi connectivity index (χ1v) is 5.41.